The van der Waals surface area contributed by atoms with Gasteiger partial charge in [-0.1, -0.05) is 5.92 Å². The lowest BCUT2D eigenvalue weighted by Crippen LogP contribution is -2.31. The molecule has 0 aliphatic carbocycles. The van der Waals surface area contributed by atoms with Crippen LogP contribution in [0.15, 0.2) is 24.3 Å². The van der Waals surface area contributed by atoms with Crippen molar-refractivity contribution in [1.29, 1.82) is 0 Å². The highest BCUT2D eigenvalue weighted by atomic mass is 19.4. The third-order valence-electron chi connectivity index (χ3n) is 4.28. The summed E-state index contributed by atoms with van der Waals surface area (Å²) in [5.74, 6) is -0.573. The molecule has 7 nitrogen and oxygen atoms in total. The molecule has 10 heteroatoms. The molecular weight excluding hydrogens is 403 g/mol. The number of amides is 2. The highest BCUT2D eigenvalue weighted by Gasteiger charge is 2.31. The molecule has 0 atom stereocenters. The zero-order valence-corrected chi connectivity index (χ0v) is 16.3. The largest absolute Gasteiger partial charge is 0.573 e. The molecule has 30 heavy (non-hydrogen) atoms. The molecule has 0 spiro atoms. The fraction of sp³-hybridized carbons (Fsp3) is 0.250. The van der Waals surface area contributed by atoms with E-state index in [1.165, 1.54) is 23.6 Å². The number of anilines is 1. The summed E-state index contributed by atoms with van der Waals surface area (Å²) in [6, 6.07) is 4.58. The van der Waals surface area contributed by atoms with Gasteiger partial charge in [-0.25, -0.2) is 0 Å². The average molecular weight is 421 g/mol. The van der Waals surface area contributed by atoms with Crippen molar-refractivity contribution in [2.45, 2.75) is 20.2 Å². The molecule has 2 N–H and O–H groups in total. The summed E-state index contributed by atoms with van der Waals surface area (Å²) in [5.41, 5.74) is 1.09. The predicted octanol–water partition coefficient (Wildman–Crippen LogP) is 2.72. The van der Waals surface area contributed by atoms with E-state index in [0.717, 1.165) is 12.1 Å². The van der Waals surface area contributed by atoms with Gasteiger partial charge in [-0.2, -0.15) is 0 Å². The molecule has 0 aliphatic rings. The van der Waals surface area contributed by atoms with Crippen LogP contribution in [0.25, 0.3) is 0 Å². The number of halogens is 3. The average Bonchev–Trinajstić information content (AvgIpc) is 2.88. The number of terminal acetylenes is 1. The van der Waals surface area contributed by atoms with E-state index in [9.17, 15) is 27.6 Å². The van der Waals surface area contributed by atoms with Gasteiger partial charge in [0.15, 0.2) is 0 Å². The Bertz CT molecular complexity index is 1030. The van der Waals surface area contributed by atoms with E-state index in [0.29, 0.717) is 5.69 Å². The Morgan fingerprint density at radius 1 is 1.17 bits per heavy atom. The van der Waals surface area contributed by atoms with E-state index < -0.39 is 29.7 Å². The zero-order valence-electron chi connectivity index (χ0n) is 16.3. The monoisotopic (exact) mass is 421 g/mol. The Balaban J connectivity index is 2.25. The summed E-state index contributed by atoms with van der Waals surface area (Å²) in [4.78, 5) is 37.1. The first-order valence-electron chi connectivity index (χ1n) is 8.55. The number of rotatable bonds is 6. The van der Waals surface area contributed by atoms with Crippen LogP contribution < -0.4 is 15.4 Å². The molecule has 0 aliphatic heterocycles. The molecule has 0 saturated carbocycles. The van der Waals surface area contributed by atoms with Crippen LogP contribution in [-0.2, 0) is 11.8 Å². The third-order valence-corrected chi connectivity index (χ3v) is 4.28. The van der Waals surface area contributed by atoms with Gasteiger partial charge in [0.2, 0.25) is 0 Å². The molecule has 2 amide bonds. The zero-order chi connectivity index (χ0) is 22.6. The SMILES string of the molecule is C#CCNC(=O)C(=O)c1c(C)c(C(=O)Nc2ccc(OC(F)(F)F)cc2)n(C)c1C. The quantitative estimate of drug-likeness (QED) is 0.427. The molecule has 0 radical (unpaired) electrons. The van der Waals surface area contributed by atoms with Gasteiger partial charge in [-0.15, -0.1) is 19.6 Å². The summed E-state index contributed by atoms with van der Waals surface area (Å²) < 4.78 is 41.9. The van der Waals surface area contributed by atoms with Crippen molar-refractivity contribution in [3.05, 3.63) is 46.8 Å². The summed E-state index contributed by atoms with van der Waals surface area (Å²) in [7, 11) is 1.55. The minimum atomic E-state index is -4.82. The first kappa shape index (κ1) is 22.5. The van der Waals surface area contributed by atoms with Crippen molar-refractivity contribution in [2.24, 2.45) is 7.05 Å². The smallest absolute Gasteiger partial charge is 0.406 e. The van der Waals surface area contributed by atoms with Crippen LogP contribution in [0, 0.1) is 26.2 Å². The second-order valence-electron chi connectivity index (χ2n) is 6.24. The predicted molar refractivity (Wildman–Crippen MR) is 102 cm³/mol. The molecule has 0 unspecified atom stereocenters. The van der Waals surface area contributed by atoms with Crippen LogP contribution in [0.1, 0.15) is 32.1 Å². The number of nitrogens with zero attached hydrogens (tertiary/aromatic N) is 1. The normalized spacial score (nSPS) is 10.8. The summed E-state index contributed by atoms with van der Waals surface area (Å²) in [6.45, 7) is 2.98. The molecule has 1 aromatic heterocycles. The maximum atomic E-state index is 12.7. The molecule has 1 heterocycles. The summed E-state index contributed by atoms with van der Waals surface area (Å²) in [6.07, 6.45) is 0.238. The number of hydrogen-bond donors (Lipinski definition) is 2. The minimum absolute atomic E-state index is 0.0751. The lowest BCUT2D eigenvalue weighted by Gasteiger charge is -2.11. The Morgan fingerprint density at radius 3 is 2.30 bits per heavy atom. The second kappa shape index (κ2) is 8.73. The first-order chi connectivity index (χ1) is 14.0. The van der Waals surface area contributed by atoms with Gasteiger partial charge < -0.3 is 19.9 Å². The van der Waals surface area contributed by atoms with Gasteiger partial charge in [0.05, 0.1) is 12.1 Å². The number of benzene rings is 1. The summed E-state index contributed by atoms with van der Waals surface area (Å²) in [5, 5.41) is 4.82. The number of ketones is 1. The van der Waals surface area contributed by atoms with Crippen LogP contribution in [0.2, 0.25) is 0 Å². The van der Waals surface area contributed by atoms with Gasteiger partial charge >= 0.3 is 6.36 Å². The maximum Gasteiger partial charge on any atom is 0.573 e. The fourth-order valence-corrected chi connectivity index (χ4v) is 2.89. The van der Waals surface area contributed by atoms with Crippen LogP contribution in [-0.4, -0.2) is 35.1 Å². The van der Waals surface area contributed by atoms with E-state index in [4.69, 9.17) is 6.42 Å². The van der Waals surface area contributed by atoms with Crippen molar-refractivity contribution in [3.63, 3.8) is 0 Å². The van der Waals surface area contributed by atoms with Gasteiger partial charge in [0, 0.05) is 18.4 Å². The highest BCUT2D eigenvalue weighted by Crippen LogP contribution is 2.26. The van der Waals surface area contributed by atoms with E-state index >= 15 is 0 Å². The lowest BCUT2D eigenvalue weighted by atomic mass is 10.0. The maximum absolute atomic E-state index is 12.7. The molecule has 158 valence electrons. The molecule has 2 aromatic rings. The van der Waals surface area contributed by atoms with Crippen molar-refractivity contribution in [2.75, 3.05) is 11.9 Å². The van der Waals surface area contributed by atoms with Gasteiger partial charge in [-0.05, 0) is 43.7 Å². The minimum Gasteiger partial charge on any atom is -0.406 e. The van der Waals surface area contributed by atoms with Crippen LogP contribution in [0.3, 0.4) is 0 Å². The Hall–Kier alpha value is -3.74. The van der Waals surface area contributed by atoms with Gasteiger partial charge in [0.25, 0.3) is 17.6 Å². The number of ether oxygens (including phenoxy) is 1. The molecular formula is C20H18F3N3O4. The Kier molecular flexibility index (Phi) is 6.56. The number of nitrogens with one attached hydrogen (secondary N) is 2. The van der Waals surface area contributed by atoms with Crippen molar-refractivity contribution < 1.29 is 32.3 Å². The fourth-order valence-electron chi connectivity index (χ4n) is 2.89. The van der Waals surface area contributed by atoms with Gasteiger partial charge in [-0.3, -0.25) is 14.4 Å². The van der Waals surface area contributed by atoms with E-state index in [1.807, 2.05) is 0 Å². The van der Waals surface area contributed by atoms with Crippen molar-refractivity contribution >= 4 is 23.3 Å². The van der Waals surface area contributed by atoms with E-state index in [2.05, 4.69) is 21.3 Å². The number of Topliss-reactive ketones (excluding diaryl/α,β-unsaturated/α-hetero) is 1. The number of carbonyl (C=O) groups excluding carboxylic acids is 3. The van der Waals surface area contributed by atoms with E-state index in [-0.39, 0.29) is 29.1 Å². The molecule has 2 rings (SSSR count). The number of hydrogen-bond acceptors (Lipinski definition) is 4. The van der Waals surface area contributed by atoms with Gasteiger partial charge in [0.1, 0.15) is 11.4 Å². The highest BCUT2D eigenvalue weighted by molar-refractivity contribution is 6.43. The number of aromatic nitrogens is 1. The lowest BCUT2D eigenvalue weighted by molar-refractivity contribution is -0.274. The van der Waals surface area contributed by atoms with Crippen molar-refractivity contribution in [3.8, 4) is 18.1 Å². The molecule has 0 bridgehead atoms. The molecule has 0 fully saturated rings. The molecule has 0 saturated heterocycles. The first-order valence-corrected chi connectivity index (χ1v) is 8.55. The van der Waals surface area contributed by atoms with Crippen molar-refractivity contribution in [1.82, 2.24) is 9.88 Å². The topological polar surface area (TPSA) is 89.4 Å². The number of alkyl halides is 3. The number of carbonyl (C=O) groups is 3. The second-order valence-corrected chi connectivity index (χ2v) is 6.24. The standard InChI is InChI=1S/C20H18F3N3O4/c1-5-10-24-19(29)17(27)15-11(2)16(26(4)12(15)3)18(28)25-13-6-8-14(9-7-13)30-20(21,22)23/h1,6-9H,10H2,2-4H3,(H,24,29)(H,25,28). The summed E-state index contributed by atoms with van der Waals surface area (Å²) >= 11 is 0. The third kappa shape index (κ3) is 5.00. The molecule has 1 aromatic carbocycles. The van der Waals surface area contributed by atoms with Crippen LogP contribution >= 0.6 is 0 Å². The van der Waals surface area contributed by atoms with Crippen LogP contribution in [0.4, 0.5) is 18.9 Å². The Morgan fingerprint density at radius 2 is 1.77 bits per heavy atom. The van der Waals surface area contributed by atoms with E-state index in [1.54, 1.807) is 14.0 Å². The van der Waals surface area contributed by atoms with Crippen LogP contribution in [0.5, 0.6) is 5.75 Å². The Labute approximate surface area is 170 Å².